The number of ketones is 1. The summed E-state index contributed by atoms with van der Waals surface area (Å²) in [4.78, 5) is 25.8. The molecule has 2 heterocycles. The van der Waals surface area contributed by atoms with Crippen molar-refractivity contribution in [2.24, 2.45) is 0 Å². The van der Waals surface area contributed by atoms with Crippen molar-refractivity contribution in [2.75, 3.05) is 13.7 Å². The van der Waals surface area contributed by atoms with E-state index in [9.17, 15) is 14.0 Å². The van der Waals surface area contributed by atoms with Crippen LogP contribution in [0.4, 0.5) is 4.39 Å². The van der Waals surface area contributed by atoms with E-state index in [1.165, 1.54) is 12.1 Å². The Morgan fingerprint density at radius 3 is 1.80 bits per heavy atom. The summed E-state index contributed by atoms with van der Waals surface area (Å²) in [6.07, 6.45) is 0. The van der Waals surface area contributed by atoms with Crippen molar-refractivity contribution >= 4 is 11.8 Å². The maximum absolute atomic E-state index is 13.3. The van der Waals surface area contributed by atoms with Crippen LogP contribution in [0, 0.1) is 33.5 Å². The third-order valence-electron chi connectivity index (χ3n) is 6.13. The fourth-order valence-electron chi connectivity index (χ4n) is 4.42. The van der Waals surface area contributed by atoms with E-state index < -0.39 is 5.97 Å². The molecular weight excluding hydrogens is 447 g/mol. The fourth-order valence-corrected chi connectivity index (χ4v) is 4.42. The molecule has 6 nitrogen and oxygen atoms in total. The van der Waals surface area contributed by atoms with Crippen LogP contribution in [-0.2, 0) is 4.74 Å². The number of carbonyl (C=O) groups excluding carboxylic acids is 2. The molecular formula is C28H27FN2O4. The number of esters is 1. The Morgan fingerprint density at radius 1 is 0.771 bits per heavy atom. The zero-order chi connectivity index (χ0) is 25.3. The predicted molar refractivity (Wildman–Crippen MR) is 132 cm³/mol. The van der Waals surface area contributed by atoms with E-state index in [0.29, 0.717) is 16.8 Å². The molecule has 0 saturated heterocycles. The molecule has 0 fully saturated rings. The topological polar surface area (TPSA) is 62.5 Å². The normalized spacial score (nSPS) is 10.9. The summed E-state index contributed by atoms with van der Waals surface area (Å²) in [5.74, 6) is -0.443. The number of aryl methyl sites for hydroxylation is 2. The number of hydrogen-bond donors (Lipinski definition) is 0. The van der Waals surface area contributed by atoms with Gasteiger partial charge in [0, 0.05) is 39.7 Å². The zero-order valence-corrected chi connectivity index (χ0v) is 20.4. The van der Waals surface area contributed by atoms with Crippen molar-refractivity contribution in [1.82, 2.24) is 9.13 Å². The Kier molecular flexibility index (Phi) is 6.60. The Hall–Kier alpha value is -4.13. The summed E-state index contributed by atoms with van der Waals surface area (Å²) in [6, 6.07) is 17.1. The van der Waals surface area contributed by atoms with E-state index in [-0.39, 0.29) is 18.2 Å². The van der Waals surface area contributed by atoms with E-state index >= 15 is 0 Å². The molecule has 0 atom stereocenters. The summed E-state index contributed by atoms with van der Waals surface area (Å²) in [6.45, 7) is 7.06. The van der Waals surface area contributed by atoms with Gasteiger partial charge < -0.3 is 18.6 Å². The summed E-state index contributed by atoms with van der Waals surface area (Å²) in [5, 5.41) is 0. The Bertz CT molecular complexity index is 1400. The number of rotatable bonds is 7. The zero-order valence-electron chi connectivity index (χ0n) is 20.4. The first-order valence-electron chi connectivity index (χ1n) is 11.2. The van der Waals surface area contributed by atoms with E-state index in [4.69, 9.17) is 9.47 Å². The number of halogens is 1. The van der Waals surface area contributed by atoms with Crippen molar-refractivity contribution in [1.29, 1.82) is 0 Å². The highest BCUT2D eigenvalue weighted by Gasteiger charge is 2.21. The van der Waals surface area contributed by atoms with Crippen LogP contribution in [0.5, 0.6) is 5.75 Å². The first-order valence-corrected chi connectivity index (χ1v) is 11.2. The van der Waals surface area contributed by atoms with Crippen LogP contribution >= 0.6 is 0 Å². The third kappa shape index (κ3) is 4.62. The monoisotopic (exact) mass is 474 g/mol. The first-order chi connectivity index (χ1) is 16.7. The summed E-state index contributed by atoms with van der Waals surface area (Å²) < 4.78 is 27.8. The molecule has 0 unspecified atom stereocenters. The molecule has 0 aliphatic rings. The highest BCUT2D eigenvalue weighted by atomic mass is 19.1. The second kappa shape index (κ2) is 9.62. The fraction of sp³-hybridized carbons (Fsp3) is 0.214. The SMILES string of the molecule is COc1ccc(-n2c(C)cc(C(=O)COC(=O)c3cc(C)n(-c4ccc(F)cc4)c3C)c2C)cc1. The summed E-state index contributed by atoms with van der Waals surface area (Å²) in [5.41, 5.74) is 5.63. The van der Waals surface area contributed by atoms with Crippen LogP contribution in [0.15, 0.2) is 60.7 Å². The van der Waals surface area contributed by atoms with Crippen LogP contribution in [-0.4, -0.2) is 34.6 Å². The lowest BCUT2D eigenvalue weighted by atomic mass is 10.1. The van der Waals surface area contributed by atoms with Gasteiger partial charge in [-0.05, 0) is 88.4 Å². The van der Waals surface area contributed by atoms with Crippen LogP contribution in [0.3, 0.4) is 0 Å². The van der Waals surface area contributed by atoms with Gasteiger partial charge in [-0.15, -0.1) is 0 Å². The van der Waals surface area contributed by atoms with Gasteiger partial charge in [-0.3, -0.25) is 4.79 Å². The third-order valence-corrected chi connectivity index (χ3v) is 6.13. The second-order valence-electron chi connectivity index (χ2n) is 8.41. The molecule has 0 spiro atoms. The molecule has 0 aliphatic heterocycles. The van der Waals surface area contributed by atoms with Gasteiger partial charge >= 0.3 is 5.97 Å². The molecule has 0 amide bonds. The highest BCUT2D eigenvalue weighted by molar-refractivity contribution is 6.01. The van der Waals surface area contributed by atoms with Crippen LogP contribution < -0.4 is 4.74 Å². The molecule has 0 N–H and O–H groups in total. The van der Waals surface area contributed by atoms with Gasteiger partial charge in [0.15, 0.2) is 6.61 Å². The maximum Gasteiger partial charge on any atom is 0.340 e. The molecule has 0 radical (unpaired) electrons. The van der Waals surface area contributed by atoms with Gasteiger partial charge in [0.25, 0.3) is 0 Å². The Morgan fingerprint density at radius 2 is 1.26 bits per heavy atom. The lowest BCUT2D eigenvalue weighted by Crippen LogP contribution is -2.15. The maximum atomic E-state index is 13.3. The number of Topliss-reactive ketones (excluding diaryl/α,β-unsaturated/α-hetero) is 1. The number of benzene rings is 2. The van der Waals surface area contributed by atoms with E-state index in [1.54, 1.807) is 38.3 Å². The minimum absolute atomic E-state index is 0.279. The van der Waals surface area contributed by atoms with Crippen molar-refractivity contribution < 1.29 is 23.5 Å². The Balaban J connectivity index is 1.51. The molecule has 4 rings (SSSR count). The average molecular weight is 475 g/mol. The van der Waals surface area contributed by atoms with Crippen molar-refractivity contribution in [3.05, 3.63) is 100 Å². The minimum atomic E-state index is -0.580. The van der Waals surface area contributed by atoms with Gasteiger partial charge in [-0.2, -0.15) is 0 Å². The number of aromatic nitrogens is 2. The average Bonchev–Trinajstić information content (AvgIpc) is 3.32. The Labute approximate surface area is 203 Å². The minimum Gasteiger partial charge on any atom is -0.497 e. The van der Waals surface area contributed by atoms with Crippen LogP contribution in [0.1, 0.15) is 43.5 Å². The van der Waals surface area contributed by atoms with E-state index in [1.807, 2.05) is 54.2 Å². The number of nitrogens with zero attached hydrogens (tertiary/aromatic N) is 2. The predicted octanol–water partition coefficient (Wildman–Crippen LogP) is 5.69. The van der Waals surface area contributed by atoms with Gasteiger partial charge in [-0.25, -0.2) is 9.18 Å². The van der Waals surface area contributed by atoms with Gasteiger partial charge in [0.1, 0.15) is 11.6 Å². The molecule has 7 heteroatoms. The molecule has 35 heavy (non-hydrogen) atoms. The largest absolute Gasteiger partial charge is 0.497 e. The second-order valence-corrected chi connectivity index (χ2v) is 8.41. The number of methoxy groups -OCH3 is 1. The van der Waals surface area contributed by atoms with Crippen LogP contribution in [0.25, 0.3) is 11.4 Å². The van der Waals surface area contributed by atoms with Crippen molar-refractivity contribution in [2.45, 2.75) is 27.7 Å². The number of carbonyl (C=O) groups is 2. The van der Waals surface area contributed by atoms with E-state index in [2.05, 4.69) is 0 Å². The standard InChI is InChI=1S/C28H27FN2O4/c1-17-14-25(19(3)30(17)23-10-12-24(34-5)13-11-23)27(32)16-35-28(33)26-15-18(2)31(20(26)4)22-8-6-21(29)7-9-22/h6-15H,16H2,1-5H3. The first kappa shape index (κ1) is 24.0. The van der Waals surface area contributed by atoms with Crippen molar-refractivity contribution in [3.63, 3.8) is 0 Å². The van der Waals surface area contributed by atoms with Gasteiger partial charge in [-0.1, -0.05) is 0 Å². The molecule has 0 aliphatic carbocycles. The molecule has 2 aromatic carbocycles. The van der Waals surface area contributed by atoms with Gasteiger partial charge in [0.05, 0.1) is 12.7 Å². The smallest absolute Gasteiger partial charge is 0.340 e. The number of ether oxygens (including phenoxy) is 2. The molecule has 2 aromatic heterocycles. The van der Waals surface area contributed by atoms with Crippen LogP contribution in [0.2, 0.25) is 0 Å². The summed E-state index contributed by atoms with van der Waals surface area (Å²) >= 11 is 0. The molecule has 180 valence electrons. The summed E-state index contributed by atoms with van der Waals surface area (Å²) in [7, 11) is 1.61. The molecule has 0 bridgehead atoms. The lowest BCUT2D eigenvalue weighted by Gasteiger charge is -2.11. The van der Waals surface area contributed by atoms with E-state index in [0.717, 1.165) is 34.2 Å². The quantitative estimate of drug-likeness (QED) is 0.255. The van der Waals surface area contributed by atoms with Crippen molar-refractivity contribution in [3.8, 4) is 17.1 Å². The molecule has 0 saturated carbocycles. The number of hydrogen-bond acceptors (Lipinski definition) is 4. The van der Waals surface area contributed by atoms with Gasteiger partial charge in [0.2, 0.25) is 5.78 Å². The lowest BCUT2D eigenvalue weighted by molar-refractivity contribution is 0.0474. The molecule has 4 aromatic rings. The highest BCUT2D eigenvalue weighted by Crippen LogP contribution is 2.24.